The average Bonchev–Trinajstić information content (AvgIpc) is 2.58. The van der Waals surface area contributed by atoms with Gasteiger partial charge in [-0.25, -0.2) is 4.79 Å². The highest BCUT2D eigenvalue weighted by Gasteiger charge is 2.18. The molecule has 126 valence electrons. The number of anilines is 1. The van der Waals surface area contributed by atoms with E-state index in [0.717, 1.165) is 5.56 Å². The van der Waals surface area contributed by atoms with Gasteiger partial charge in [0.1, 0.15) is 12.4 Å². The number of urea groups is 1. The SMILES string of the molecule is C=CCOc1cccc(NC(=O)NC(c2ccccc2)C(C)C)c1. The number of rotatable bonds is 7. The van der Waals surface area contributed by atoms with E-state index >= 15 is 0 Å². The third kappa shape index (κ3) is 5.16. The summed E-state index contributed by atoms with van der Waals surface area (Å²) in [6.45, 7) is 8.22. The average molecular weight is 324 g/mol. The zero-order valence-electron chi connectivity index (χ0n) is 14.2. The van der Waals surface area contributed by atoms with Crippen molar-refractivity contribution in [2.75, 3.05) is 11.9 Å². The van der Waals surface area contributed by atoms with E-state index in [0.29, 0.717) is 18.0 Å². The molecule has 24 heavy (non-hydrogen) atoms. The van der Waals surface area contributed by atoms with E-state index in [-0.39, 0.29) is 18.0 Å². The van der Waals surface area contributed by atoms with Crippen LogP contribution in [0.5, 0.6) is 5.75 Å². The third-order valence-electron chi connectivity index (χ3n) is 3.57. The lowest BCUT2D eigenvalue weighted by Gasteiger charge is -2.23. The van der Waals surface area contributed by atoms with Gasteiger partial charge in [0.15, 0.2) is 0 Å². The number of carbonyl (C=O) groups is 1. The lowest BCUT2D eigenvalue weighted by molar-refractivity contribution is 0.244. The first kappa shape index (κ1) is 17.6. The van der Waals surface area contributed by atoms with Gasteiger partial charge in [0.2, 0.25) is 0 Å². The molecule has 4 heteroatoms. The van der Waals surface area contributed by atoms with Crippen LogP contribution in [0.4, 0.5) is 10.5 Å². The van der Waals surface area contributed by atoms with Crippen LogP contribution in [0.3, 0.4) is 0 Å². The molecular weight excluding hydrogens is 300 g/mol. The van der Waals surface area contributed by atoms with Crippen LogP contribution in [0.25, 0.3) is 0 Å². The summed E-state index contributed by atoms with van der Waals surface area (Å²) in [6, 6.07) is 17.0. The molecule has 0 spiro atoms. The Morgan fingerprint density at radius 2 is 1.92 bits per heavy atom. The molecule has 2 N–H and O–H groups in total. The molecule has 4 nitrogen and oxygen atoms in total. The van der Waals surface area contributed by atoms with Crippen molar-refractivity contribution in [3.05, 3.63) is 72.8 Å². The normalized spacial score (nSPS) is 11.6. The predicted octanol–water partition coefficient (Wildman–Crippen LogP) is 4.77. The molecule has 0 aromatic heterocycles. The Kier molecular flexibility index (Phi) is 6.43. The van der Waals surface area contributed by atoms with E-state index < -0.39 is 0 Å². The van der Waals surface area contributed by atoms with Crippen LogP contribution in [0.15, 0.2) is 67.3 Å². The molecule has 1 atom stereocenters. The van der Waals surface area contributed by atoms with Crippen LogP contribution < -0.4 is 15.4 Å². The van der Waals surface area contributed by atoms with Crippen LogP contribution >= 0.6 is 0 Å². The highest BCUT2D eigenvalue weighted by atomic mass is 16.5. The number of hydrogen-bond acceptors (Lipinski definition) is 2. The van der Waals surface area contributed by atoms with Gasteiger partial charge in [0.25, 0.3) is 0 Å². The number of amides is 2. The molecule has 0 aliphatic rings. The molecule has 0 saturated heterocycles. The monoisotopic (exact) mass is 324 g/mol. The van der Waals surface area contributed by atoms with Gasteiger partial charge in [0.05, 0.1) is 6.04 Å². The lowest BCUT2D eigenvalue weighted by atomic mass is 9.96. The molecule has 2 aromatic rings. The van der Waals surface area contributed by atoms with Crippen molar-refractivity contribution >= 4 is 11.7 Å². The van der Waals surface area contributed by atoms with Crippen molar-refractivity contribution in [1.82, 2.24) is 5.32 Å². The Bertz CT molecular complexity index is 668. The summed E-state index contributed by atoms with van der Waals surface area (Å²) < 4.78 is 5.48. The number of carbonyl (C=O) groups excluding carboxylic acids is 1. The standard InChI is InChI=1S/C20H24N2O2/c1-4-13-24-18-12-8-11-17(14-18)21-20(23)22-19(15(2)3)16-9-6-5-7-10-16/h4-12,14-15,19H,1,13H2,2-3H3,(H2,21,22,23). The van der Waals surface area contributed by atoms with Crippen LogP contribution in [0, 0.1) is 5.92 Å². The van der Waals surface area contributed by atoms with Crippen molar-refractivity contribution in [1.29, 1.82) is 0 Å². The summed E-state index contributed by atoms with van der Waals surface area (Å²) in [6.07, 6.45) is 1.68. The molecule has 0 bridgehead atoms. The van der Waals surface area contributed by atoms with E-state index in [4.69, 9.17) is 4.74 Å². The predicted molar refractivity (Wildman–Crippen MR) is 98.3 cm³/mol. The Labute approximate surface area is 143 Å². The number of benzene rings is 2. The Hall–Kier alpha value is -2.75. The van der Waals surface area contributed by atoms with Crippen molar-refractivity contribution in [3.8, 4) is 5.75 Å². The van der Waals surface area contributed by atoms with Gasteiger partial charge >= 0.3 is 6.03 Å². The van der Waals surface area contributed by atoms with E-state index in [1.807, 2.05) is 48.5 Å². The number of hydrogen-bond donors (Lipinski definition) is 2. The summed E-state index contributed by atoms with van der Waals surface area (Å²) in [4.78, 5) is 12.3. The maximum absolute atomic E-state index is 12.3. The second-order valence-corrected chi connectivity index (χ2v) is 5.86. The minimum atomic E-state index is -0.238. The number of ether oxygens (including phenoxy) is 1. The topological polar surface area (TPSA) is 50.4 Å². The fraction of sp³-hybridized carbons (Fsp3) is 0.250. The quantitative estimate of drug-likeness (QED) is 0.721. The zero-order chi connectivity index (χ0) is 17.4. The molecule has 0 aliphatic heterocycles. The van der Waals surface area contributed by atoms with Gasteiger partial charge in [-0.05, 0) is 23.6 Å². The first-order chi connectivity index (χ1) is 11.6. The molecule has 1 unspecified atom stereocenters. The molecule has 0 fully saturated rings. The van der Waals surface area contributed by atoms with Crippen LogP contribution in [0.1, 0.15) is 25.5 Å². The fourth-order valence-electron chi connectivity index (χ4n) is 2.42. The molecule has 0 saturated carbocycles. The summed E-state index contributed by atoms with van der Waals surface area (Å²) in [5.41, 5.74) is 1.77. The van der Waals surface area contributed by atoms with E-state index in [9.17, 15) is 4.79 Å². The minimum absolute atomic E-state index is 0.0496. The van der Waals surface area contributed by atoms with Crippen LogP contribution in [-0.4, -0.2) is 12.6 Å². The molecule has 0 heterocycles. The highest BCUT2D eigenvalue weighted by molar-refractivity contribution is 5.89. The van der Waals surface area contributed by atoms with Gasteiger partial charge in [-0.1, -0.05) is 62.9 Å². The first-order valence-electron chi connectivity index (χ1n) is 8.06. The maximum Gasteiger partial charge on any atom is 0.319 e. The van der Waals surface area contributed by atoms with Crippen LogP contribution in [-0.2, 0) is 0 Å². The lowest BCUT2D eigenvalue weighted by Crippen LogP contribution is -2.35. The highest BCUT2D eigenvalue weighted by Crippen LogP contribution is 2.22. The van der Waals surface area contributed by atoms with Gasteiger partial charge in [-0.2, -0.15) is 0 Å². The molecule has 2 rings (SSSR count). The third-order valence-corrected chi connectivity index (χ3v) is 3.57. The second kappa shape index (κ2) is 8.77. The number of nitrogens with one attached hydrogen (secondary N) is 2. The van der Waals surface area contributed by atoms with E-state index in [1.165, 1.54) is 0 Å². The Balaban J connectivity index is 2.02. The van der Waals surface area contributed by atoms with E-state index in [2.05, 4.69) is 31.1 Å². The summed E-state index contributed by atoms with van der Waals surface area (Å²) in [5.74, 6) is 0.969. The zero-order valence-corrected chi connectivity index (χ0v) is 14.2. The molecular formula is C20H24N2O2. The van der Waals surface area contributed by atoms with Gasteiger partial charge < -0.3 is 15.4 Å². The van der Waals surface area contributed by atoms with Crippen molar-refractivity contribution < 1.29 is 9.53 Å². The van der Waals surface area contributed by atoms with E-state index in [1.54, 1.807) is 12.1 Å². The van der Waals surface area contributed by atoms with Gasteiger partial charge in [-0.15, -0.1) is 0 Å². The molecule has 2 aromatic carbocycles. The molecule has 0 aliphatic carbocycles. The van der Waals surface area contributed by atoms with Gasteiger partial charge in [0, 0.05) is 11.8 Å². The van der Waals surface area contributed by atoms with Crippen molar-refractivity contribution in [3.63, 3.8) is 0 Å². The smallest absolute Gasteiger partial charge is 0.319 e. The summed E-state index contributed by atoms with van der Waals surface area (Å²) >= 11 is 0. The fourth-order valence-corrected chi connectivity index (χ4v) is 2.42. The second-order valence-electron chi connectivity index (χ2n) is 5.86. The maximum atomic E-state index is 12.3. The molecule has 0 radical (unpaired) electrons. The first-order valence-corrected chi connectivity index (χ1v) is 8.06. The summed E-state index contributed by atoms with van der Waals surface area (Å²) in [5, 5.41) is 5.89. The molecule has 2 amide bonds. The largest absolute Gasteiger partial charge is 0.489 e. The Morgan fingerprint density at radius 1 is 1.17 bits per heavy atom. The van der Waals surface area contributed by atoms with Gasteiger partial charge in [-0.3, -0.25) is 0 Å². The minimum Gasteiger partial charge on any atom is -0.489 e. The van der Waals surface area contributed by atoms with Crippen molar-refractivity contribution in [2.24, 2.45) is 5.92 Å². The summed E-state index contributed by atoms with van der Waals surface area (Å²) in [7, 11) is 0. The van der Waals surface area contributed by atoms with Crippen molar-refractivity contribution in [2.45, 2.75) is 19.9 Å². The Morgan fingerprint density at radius 3 is 2.58 bits per heavy atom. The van der Waals surface area contributed by atoms with Crippen LogP contribution in [0.2, 0.25) is 0 Å².